The van der Waals surface area contributed by atoms with E-state index in [9.17, 15) is 9.18 Å². The Morgan fingerprint density at radius 2 is 2.37 bits per heavy atom. The third kappa shape index (κ3) is 4.18. The highest BCUT2D eigenvalue weighted by molar-refractivity contribution is 8.00. The molecule has 1 aromatic carbocycles. The average Bonchev–Trinajstić information content (AvgIpc) is 2.86. The summed E-state index contributed by atoms with van der Waals surface area (Å²) in [4.78, 5) is 15.7. The number of rotatable bonds is 5. The molecule has 1 aromatic heterocycles. The molecule has 0 aliphatic carbocycles. The lowest BCUT2D eigenvalue weighted by Gasteiger charge is -2.07. The molecule has 5 nitrogen and oxygen atoms in total. The van der Waals surface area contributed by atoms with Gasteiger partial charge in [-0.3, -0.25) is 4.79 Å². The Hall–Kier alpha value is -1.67. The Kier molecular flexibility index (Phi) is 4.69. The number of anilines is 2. The second-order valence-corrected chi connectivity index (χ2v) is 5.71. The van der Waals surface area contributed by atoms with Crippen molar-refractivity contribution in [3.8, 4) is 0 Å². The van der Waals surface area contributed by atoms with Crippen molar-refractivity contribution < 1.29 is 9.18 Å². The molecule has 100 valence electrons. The van der Waals surface area contributed by atoms with Crippen molar-refractivity contribution >= 4 is 40.6 Å². The van der Waals surface area contributed by atoms with Crippen molar-refractivity contribution in [1.29, 1.82) is 0 Å². The Labute approximate surface area is 117 Å². The van der Waals surface area contributed by atoms with E-state index in [0.717, 1.165) is 4.34 Å². The maximum absolute atomic E-state index is 12.8. The van der Waals surface area contributed by atoms with Crippen molar-refractivity contribution in [2.75, 3.05) is 16.8 Å². The standard InChI is InChI=1S/C11H11FN4OS2/c12-7-1-2-9(8(13)5-7)16-10(17)3-4-18-11-14-6-15-19-11/h1-2,5-6H,3-4,13H2,(H,16,17). The van der Waals surface area contributed by atoms with Crippen LogP contribution in [-0.2, 0) is 4.79 Å². The number of nitrogens with one attached hydrogen (secondary N) is 1. The molecule has 1 heterocycles. The van der Waals surface area contributed by atoms with Crippen LogP contribution in [0.3, 0.4) is 0 Å². The molecule has 8 heteroatoms. The zero-order chi connectivity index (χ0) is 13.7. The van der Waals surface area contributed by atoms with Crippen molar-refractivity contribution in [2.45, 2.75) is 10.8 Å². The highest BCUT2D eigenvalue weighted by atomic mass is 32.2. The van der Waals surface area contributed by atoms with Gasteiger partial charge < -0.3 is 11.1 Å². The number of aromatic nitrogens is 2. The average molecular weight is 298 g/mol. The molecule has 0 bridgehead atoms. The number of nitrogens with two attached hydrogens (primary N) is 1. The molecule has 0 fully saturated rings. The SMILES string of the molecule is Nc1cc(F)ccc1NC(=O)CCSc1ncns1. The van der Waals surface area contributed by atoms with E-state index in [1.165, 1.54) is 47.8 Å². The number of halogens is 1. The van der Waals surface area contributed by atoms with Gasteiger partial charge in [0.15, 0.2) is 4.34 Å². The highest BCUT2D eigenvalue weighted by Crippen LogP contribution is 2.21. The topological polar surface area (TPSA) is 80.9 Å². The van der Waals surface area contributed by atoms with Crippen molar-refractivity contribution in [2.24, 2.45) is 0 Å². The first-order chi connectivity index (χ1) is 9.15. The lowest BCUT2D eigenvalue weighted by molar-refractivity contribution is -0.115. The van der Waals surface area contributed by atoms with Gasteiger partial charge in [-0.1, -0.05) is 11.8 Å². The number of hydrogen-bond acceptors (Lipinski definition) is 6. The quantitative estimate of drug-likeness (QED) is 0.654. The Balaban J connectivity index is 1.80. The van der Waals surface area contributed by atoms with Crippen LogP contribution in [0.15, 0.2) is 28.9 Å². The van der Waals surface area contributed by atoms with E-state index >= 15 is 0 Å². The fraction of sp³-hybridized carbons (Fsp3) is 0.182. The summed E-state index contributed by atoms with van der Waals surface area (Å²) in [5.74, 6) is -0.0000688. The van der Waals surface area contributed by atoms with E-state index in [1.807, 2.05) is 0 Å². The first kappa shape index (κ1) is 13.8. The van der Waals surface area contributed by atoms with Gasteiger partial charge in [0.25, 0.3) is 0 Å². The highest BCUT2D eigenvalue weighted by Gasteiger charge is 2.07. The van der Waals surface area contributed by atoms with Crippen molar-refractivity contribution in [1.82, 2.24) is 9.36 Å². The minimum atomic E-state index is -0.428. The van der Waals surface area contributed by atoms with Gasteiger partial charge in [-0.2, -0.15) is 4.37 Å². The number of amides is 1. The largest absolute Gasteiger partial charge is 0.397 e. The predicted molar refractivity (Wildman–Crippen MR) is 74.7 cm³/mol. The molecule has 0 aliphatic rings. The summed E-state index contributed by atoms with van der Waals surface area (Å²) < 4.78 is 17.5. The van der Waals surface area contributed by atoms with Gasteiger partial charge in [0, 0.05) is 12.2 Å². The maximum Gasteiger partial charge on any atom is 0.225 e. The summed E-state index contributed by atoms with van der Waals surface area (Å²) in [5, 5.41) is 2.64. The van der Waals surface area contributed by atoms with Crippen LogP contribution in [0, 0.1) is 5.82 Å². The van der Waals surface area contributed by atoms with Gasteiger partial charge in [-0.25, -0.2) is 9.37 Å². The second kappa shape index (κ2) is 6.48. The Morgan fingerprint density at radius 1 is 1.53 bits per heavy atom. The first-order valence-corrected chi connectivity index (χ1v) is 7.15. The van der Waals surface area contributed by atoms with Gasteiger partial charge in [0.1, 0.15) is 12.1 Å². The zero-order valence-corrected chi connectivity index (χ0v) is 11.4. The van der Waals surface area contributed by atoms with Gasteiger partial charge in [-0.15, -0.1) is 0 Å². The van der Waals surface area contributed by atoms with Crippen LogP contribution >= 0.6 is 23.3 Å². The second-order valence-electron chi connectivity index (χ2n) is 3.59. The summed E-state index contributed by atoms with van der Waals surface area (Å²) >= 11 is 2.76. The van der Waals surface area contributed by atoms with Crippen LogP contribution in [0.4, 0.5) is 15.8 Å². The molecule has 0 aliphatic heterocycles. The van der Waals surface area contributed by atoms with E-state index in [0.29, 0.717) is 17.9 Å². The van der Waals surface area contributed by atoms with E-state index < -0.39 is 5.82 Å². The van der Waals surface area contributed by atoms with E-state index in [2.05, 4.69) is 14.7 Å². The summed E-state index contributed by atoms with van der Waals surface area (Å²) in [6.45, 7) is 0. The summed E-state index contributed by atoms with van der Waals surface area (Å²) in [6.07, 6.45) is 1.80. The smallest absolute Gasteiger partial charge is 0.225 e. The van der Waals surface area contributed by atoms with E-state index in [1.54, 1.807) is 0 Å². The number of nitrogens with zero attached hydrogens (tertiary/aromatic N) is 2. The molecular weight excluding hydrogens is 287 g/mol. The molecule has 2 aromatic rings. The van der Waals surface area contributed by atoms with Crippen LogP contribution < -0.4 is 11.1 Å². The lowest BCUT2D eigenvalue weighted by atomic mass is 10.2. The number of benzene rings is 1. The maximum atomic E-state index is 12.8. The molecule has 0 unspecified atom stereocenters. The molecular formula is C11H11FN4OS2. The summed E-state index contributed by atoms with van der Waals surface area (Å²) in [6, 6.07) is 3.87. The van der Waals surface area contributed by atoms with Gasteiger partial charge >= 0.3 is 0 Å². The molecule has 1 amide bonds. The lowest BCUT2D eigenvalue weighted by Crippen LogP contribution is -2.13. The molecule has 19 heavy (non-hydrogen) atoms. The molecule has 2 rings (SSSR count). The van der Waals surface area contributed by atoms with Gasteiger partial charge in [0.2, 0.25) is 5.91 Å². The van der Waals surface area contributed by atoms with Gasteiger partial charge in [-0.05, 0) is 29.7 Å². The van der Waals surface area contributed by atoms with Crippen molar-refractivity contribution in [3.05, 3.63) is 30.3 Å². The molecule has 0 saturated heterocycles. The predicted octanol–water partition coefficient (Wildman–Crippen LogP) is 2.38. The molecule has 0 saturated carbocycles. The fourth-order valence-corrected chi connectivity index (χ4v) is 2.77. The molecule has 3 N–H and O–H groups in total. The van der Waals surface area contributed by atoms with E-state index in [-0.39, 0.29) is 11.6 Å². The monoisotopic (exact) mass is 298 g/mol. The third-order valence-electron chi connectivity index (χ3n) is 2.18. The zero-order valence-electron chi connectivity index (χ0n) is 9.80. The van der Waals surface area contributed by atoms with Gasteiger partial charge in [0.05, 0.1) is 11.4 Å². The van der Waals surface area contributed by atoms with Crippen LogP contribution in [0.5, 0.6) is 0 Å². The van der Waals surface area contributed by atoms with Crippen LogP contribution in [0.25, 0.3) is 0 Å². The van der Waals surface area contributed by atoms with E-state index in [4.69, 9.17) is 5.73 Å². The van der Waals surface area contributed by atoms with Crippen LogP contribution in [-0.4, -0.2) is 21.0 Å². The fourth-order valence-electron chi connectivity index (χ4n) is 1.32. The number of carbonyl (C=O) groups is 1. The number of thioether (sulfide) groups is 1. The van der Waals surface area contributed by atoms with Crippen LogP contribution in [0.1, 0.15) is 6.42 Å². The normalized spacial score (nSPS) is 10.4. The number of carbonyl (C=O) groups excluding carboxylic acids is 1. The molecule has 0 spiro atoms. The van der Waals surface area contributed by atoms with Crippen LogP contribution in [0.2, 0.25) is 0 Å². The minimum absolute atomic E-state index is 0.171. The number of hydrogen-bond donors (Lipinski definition) is 2. The minimum Gasteiger partial charge on any atom is -0.397 e. The summed E-state index contributed by atoms with van der Waals surface area (Å²) in [5.41, 5.74) is 6.24. The van der Waals surface area contributed by atoms with Crippen molar-refractivity contribution in [3.63, 3.8) is 0 Å². The number of nitrogen functional groups attached to an aromatic ring is 1. The first-order valence-electron chi connectivity index (χ1n) is 5.39. The Morgan fingerprint density at radius 3 is 3.05 bits per heavy atom. The molecule has 0 atom stereocenters. The third-order valence-corrected chi connectivity index (χ3v) is 3.98. The molecule has 0 radical (unpaired) electrons. The summed E-state index contributed by atoms with van der Waals surface area (Å²) in [7, 11) is 0. The Bertz CT molecular complexity index is 562.